The first kappa shape index (κ1) is 9.86. The van der Waals surface area contributed by atoms with Gasteiger partial charge in [0.1, 0.15) is 0 Å². The van der Waals surface area contributed by atoms with E-state index in [4.69, 9.17) is 20.4 Å². The molecule has 0 aromatic rings. The second-order valence-corrected chi connectivity index (χ2v) is 2.12. The zero-order valence-electron chi connectivity index (χ0n) is 5.52. The summed E-state index contributed by atoms with van der Waals surface area (Å²) in [7, 11) is 0. The number of hydrogen-bond donors (Lipinski definition) is 4. The van der Waals surface area contributed by atoms with Gasteiger partial charge in [-0.25, -0.2) is 0 Å². The topological polar surface area (TPSA) is 115 Å². The molecule has 0 aliphatic carbocycles. The second-order valence-electron chi connectivity index (χ2n) is 2.12. The van der Waals surface area contributed by atoms with Gasteiger partial charge >= 0.3 is 11.9 Å². The van der Waals surface area contributed by atoms with Crippen LogP contribution in [-0.4, -0.2) is 38.2 Å². The number of rotatable bonds is 4. The third-order valence-electron chi connectivity index (χ3n) is 0.869. The molecule has 0 aliphatic rings. The molecule has 0 rings (SSSR count). The first-order valence-electron chi connectivity index (χ1n) is 2.72. The molecule has 0 aliphatic heterocycles. The maximum Gasteiger partial charge on any atom is 0.308 e. The monoisotopic (exact) mass is 164 g/mol. The van der Waals surface area contributed by atoms with Crippen molar-refractivity contribution in [3.05, 3.63) is 0 Å². The lowest BCUT2D eigenvalue weighted by Crippen LogP contribution is -2.33. The standard InChI is InChI=1S/C5H8O6/c6-3(7)1-5(10,11)2-4(8)9/h10-11H,1-2H2,(H,6,7)(H,8,9). The third kappa shape index (κ3) is 5.31. The van der Waals surface area contributed by atoms with Gasteiger partial charge in [0.2, 0.25) is 0 Å². The van der Waals surface area contributed by atoms with Crippen LogP contribution in [0.2, 0.25) is 0 Å². The van der Waals surface area contributed by atoms with E-state index in [9.17, 15) is 9.59 Å². The first-order valence-corrected chi connectivity index (χ1v) is 2.72. The second kappa shape index (κ2) is 3.31. The van der Waals surface area contributed by atoms with E-state index < -0.39 is 30.6 Å². The zero-order valence-corrected chi connectivity index (χ0v) is 5.52. The minimum absolute atomic E-state index is 1.00. The fraction of sp³-hybridized carbons (Fsp3) is 0.600. The van der Waals surface area contributed by atoms with E-state index in [1.165, 1.54) is 0 Å². The van der Waals surface area contributed by atoms with Gasteiger partial charge in [0, 0.05) is 0 Å². The van der Waals surface area contributed by atoms with E-state index in [1.54, 1.807) is 0 Å². The molecule has 0 amide bonds. The van der Waals surface area contributed by atoms with Crippen LogP contribution in [0, 0.1) is 0 Å². The van der Waals surface area contributed by atoms with Crippen LogP contribution in [0.4, 0.5) is 0 Å². The minimum atomic E-state index is -2.66. The zero-order chi connectivity index (χ0) is 9.07. The van der Waals surface area contributed by atoms with Crippen LogP contribution in [-0.2, 0) is 9.59 Å². The van der Waals surface area contributed by atoms with E-state index in [-0.39, 0.29) is 0 Å². The van der Waals surface area contributed by atoms with Crippen molar-refractivity contribution < 1.29 is 30.0 Å². The van der Waals surface area contributed by atoms with Crippen molar-refractivity contribution in [3.63, 3.8) is 0 Å². The summed E-state index contributed by atoms with van der Waals surface area (Å²) < 4.78 is 0. The summed E-state index contributed by atoms with van der Waals surface area (Å²) in [5, 5.41) is 33.4. The van der Waals surface area contributed by atoms with Gasteiger partial charge in [-0.15, -0.1) is 0 Å². The van der Waals surface area contributed by atoms with Crippen LogP contribution in [0.5, 0.6) is 0 Å². The molecule has 0 saturated heterocycles. The van der Waals surface area contributed by atoms with Crippen LogP contribution < -0.4 is 0 Å². The molecular formula is C5H8O6. The van der Waals surface area contributed by atoms with Gasteiger partial charge in [-0.1, -0.05) is 0 Å². The normalized spacial score (nSPS) is 11.1. The summed E-state index contributed by atoms with van der Waals surface area (Å²) in [6.07, 6.45) is -2.00. The molecule has 0 aromatic heterocycles. The lowest BCUT2D eigenvalue weighted by molar-refractivity contribution is -0.191. The van der Waals surface area contributed by atoms with Gasteiger partial charge in [-0.3, -0.25) is 9.59 Å². The molecule has 64 valence electrons. The molecule has 6 heteroatoms. The molecule has 11 heavy (non-hydrogen) atoms. The molecule has 0 aromatic carbocycles. The summed E-state index contributed by atoms with van der Waals surface area (Å²) in [4.78, 5) is 19.8. The van der Waals surface area contributed by atoms with Gasteiger partial charge in [0.25, 0.3) is 0 Å². The molecule has 0 atom stereocenters. The maximum atomic E-state index is 9.88. The van der Waals surface area contributed by atoms with Gasteiger partial charge in [0.15, 0.2) is 5.79 Å². The Kier molecular flexibility index (Phi) is 2.97. The molecule has 0 bridgehead atoms. The van der Waals surface area contributed by atoms with Crippen LogP contribution in [0.1, 0.15) is 12.8 Å². The highest BCUT2D eigenvalue weighted by Crippen LogP contribution is 2.10. The summed E-state index contributed by atoms with van der Waals surface area (Å²) in [6, 6.07) is 0. The lowest BCUT2D eigenvalue weighted by Gasteiger charge is -2.15. The third-order valence-corrected chi connectivity index (χ3v) is 0.869. The summed E-state index contributed by atoms with van der Waals surface area (Å²) in [6.45, 7) is 0. The molecule has 0 spiro atoms. The summed E-state index contributed by atoms with van der Waals surface area (Å²) in [5.74, 6) is -5.58. The number of carboxylic acids is 2. The van der Waals surface area contributed by atoms with E-state index in [2.05, 4.69) is 0 Å². The van der Waals surface area contributed by atoms with E-state index >= 15 is 0 Å². The molecule has 0 radical (unpaired) electrons. The molecule has 0 heterocycles. The Labute approximate surface area is 61.7 Å². The van der Waals surface area contributed by atoms with Gasteiger partial charge in [-0.2, -0.15) is 0 Å². The number of carboxylic acid groups (broad SMARTS) is 2. The van der Waals surface area contributed by atoms with Crippen LogP contribution in [0.15, 0.2) is 0 Å². The van der Waals surface area contributed by atoms with Crippen molar-refractivity contribution in [1.29, 1.82) is 0 Å². The minimum Gasteiger partial charge on any atom is -0.481 e. The van der Waals surface area contributed by atoms with Crippen LogP contribution in [0.3, 0.4) is 0 Å². The van der Waals surface area contributed by atoms with Crippen LogP contribution in [0.25, 0.3) is 0 Å². The predicted molar refractivity (Wildman–Crippen MR) is 31.7 cm³/mol. The Hall–Kier alpha value is -1.14. The number of aliphatic carboxylic acids is 2. The summed E-state index contributed by atoms with van der Waals surface area (Å²) >= 11 is 0. The fourth-order valence-corrected chi connectivity index (χ4v) is 0.547. The SMILES string of the molecule is O=C(O)CC(O)(O)CC(=O)O. The van der Waals surface area contributed by atoms with Gasteiger partial charge in [0.05, 0.1) is 12.8 Å². The van der Waals surface area contributed by atoms with E-state index in [1.807, 2.05) is 0 Å². The van der Waals surface area contributed by atoms with E-state index in [0.29, 0.717) is 0 Å². The average Bonchev–Trinajstić information content (AvgIpc) is 1.53. The Morgan fingerprint density at radius 2 is 1.27 bits per heavy atom. The number of aliphatic hydroxyl groups is 2. The van der Waals surface area contributed by atoms with Crippen molar-refractivity contribution in [2.24, 2.45) is 0 Å². The Bertz CT molecular complexity index is 154. The quantitative estimate of drug-likeness (QED) is 0.380. The Balaban J connectivity index is 3.99. The lowest BCUT2D eigenvalue weighted by atomic mass is 10.1. The largest absolute Gasteiger partial charge is 0.481 e. The molecule has 0 fully saturated rings. The Morgan fingerprint density at radius 3 is 1.45 bits per heavy atom. The van der Waals surface area contributed by atoms with Crippen molar-refractivity contribution in [3.8, 4) is 0 Å². The molecule has 6 nitrogen and oxygen atoms in total. The predicted octanol–water partition coefficient (Wildman–Crippen LogP) is -1.38. The van der Waals surface area contributed by atoms with Crippen molar-refractivity contribution >= 4 is 11.9 Å². The molecule has 0 saturated carbocycles. The van der Waals surface area contributed by atoms with Crippen molar-refractivity contribution in [1.82, 2.24) is 0 Å². The highest BCUT2D eigenvalue weighted by Gasteiger charge is 2.29. The number of hydrogen-bond acceptors (Lipinski definition) is 4. The molecule has 0 unspecified atom stereocenters. The van der Waals surface area contributed by atoms with Gasteiger partial charge < -0.3 is 20.4 Å². The highest BCUT2D eigenvalue weighted by molar-refractivity contribution is 5.71. The fourth-order valence-electron chi connectivity index (χ4n) is 0.547. The molecule has 4 N–H and O–H groups in total. The van der Waals surface area contributed by atoms with Crippen LogP contribution >= 0.6 is 0 Å². The molecular weight excluding hydrogens is 156 g/mol. The first-order chi connectivity index (χ1) is 4.83. The van der Waals surface area contributed by atoms with Crippen molar-refractivity contribution in [2.75, 3.05) is 0 Å². The van der Waals surface area contributed by atoms with Crippen molar-refractivity contribution in [2.45, 2.75) is 18.6 Å². The maximum absolute atomic E-state index is 9.88. The van der Waals surface area contributed by atoms with E-state index in [0.717, 1.165) is 0 Å². The Morgan fingerprint density at radius 1 is 1.00 bits per heavy atom. The average molecular weight is 164 g/mol. The number of carbonyl (C=O) groups is 2. The highest BCUT2D eigenvalue weighted by atomic mass is 16.5. The smallest absolute Gasteiger partial charge is 0.308 e. The van der Waals surface area contributed by atoms with Gasteiger partial charge in [-0.05, 0) is 0 Å². The summed E-state index contributed by atoms with van der Waals surface area (Å²) in [5.41, 5.74) is 0.